The number of ether oxygens (including phenoxy) is 1. The van der Waals surface area contributed by atoms with Crippen LogP contribution in [0.2, 0.25) is 0 Å². The molecule has 1 rings (SSSR count). The van der Waals surface area contributed by atoms with Crippen LogP contribution in [0.25, 0.3) is 0 Å². The van der Waals surface area contributed by atoms with Gasteiger partial charge in [0.15, 0.2) is 0 Å². The third kappa shape index (κ3) is 3.79. The number of benzene rings is 1. The Bertz CT molecular complexity index is 258. The summed E-state index contributed by atoms with van der Waals surface area (Å²) in [6, 6.07) is 7.46. The van der Waals surface area contributed by atoms with E-state index in [0.29, 0.717) is 5.75 Å². The third-order valence-electron chi connectivity index (χ3n) is 2.07. The molecule has 0 amide bonds. The number of phenolic OH excluding ortho intramolecular Hbond substituents is 1. The zero-order valence-electron chi connectivity index (χ0n) is 8.70. The SMILES string of the molecule is CCCOCCCc1ccccc1O. The van der Waals surface area contributed by atoms with Crippen molar-refractivity contribution in [1.82, 2.24) is 0 Å². The van der Waals surface area contributed by atoms with Crippen LogP contribution in [0.15, 0.2) is 24.3 Å². The van der Waals surface area contributed by atoms with E-state index in [0.717, 1.165) is 38.0 Å². The summed E-state index contributed by atoms with van der Waals surface area (Å²) in [7, 11) is 0. The van der Waals surface area contributed by atoms with E-state index in [1.807, 2.05) is 18.2 Å². The van der Waals surface area contributed by atoms with Crippen molar-refractivity contribution in [2.75, 3.05) is 13.2 Å². The number of rotatable bonds is 6. The molecule has 0 saturated heterocycles. The van der Waals surface area contributed by atoms with Gasteiger partial charge in [-0.1, -0.05) is 25.1 Å². The highest BCUT2D eigenvalue weighted by molar-refractivity contribution is 5.31. The fraction of sp³-hybridized carbons (Fsp3) is 0.500. The summed E-state index contributed by atoms with van der Waals surface area (Å²) in [5.74, 6) is 0.392. The molecule has 0 saturated carbocycles. The van der Waals surface area contributed by atoms with E-state index < -0.39 is 0 Å². The summed E-state index contributed by atoms with van der Waals surface area (Å²) in [5.41, 5.74) is 1.01. The van der Waals surface area contributed by atoms with Gasteiger partial charge in [-0.3, -0.25) is 0 Å². The highest BCUT2D eigenvalue weighted by Crippen LogP contribution is 2.16. The zero-order chi connectivity index (χ0) is 10.2. The van der Waals surface area contributed by atoms with Crippen LogP contribution in [0.1, 0.15) is 25.3 Å². The van der Waals surface area contributed by atoms with Crippen LogP contribution >= 0.6 is 0 Å². The molecule has 1 N–H and O–H groups in total. The maximum Gasteiger partial charge on any atom is 0.118 e. The number of aryl methyl sites for hydroxylation is 1. The van der Waals surface area contributed by atoms with Crippen molar-refractivity contribution in [3.05, 3.63) is 29.8 Å². The van der Waals surface area contributed by atoms with Crippen molar-refractivity contribution in [3.8, 4) is 5.75 Å². The van der Waals surface area contributed by atoms with Crippen molar-refractivity contribution in [2.24, 2.45) is 0 Å². The largest absolute Gasteiger partial charge is 0.508 e. The zero-order valence-corrected chi connectivity index (χ0v) is 8.70. The summed E-state index contributed by atoms with van der Waals surface area (Å²) in [6.07, 6.45) is 2.92. The van der Waals surface area contributed by atoms with Crippen molar-refractivity contribution < 1.29 is 9.84 Å². The van der Waals surface area contributed by atoms with Gasteiger partial charge in [0.25, 0.3) is 0 Å². The van der Waals surface area contributed by atoms with Gasteiger partial charge >= 0.3 is 0 Å². The average Bonchev–Trinajstić information content (AvgIpc) is 2.20. The van der Waals surface area contributed by atoms with Gasteiger partial charge < -0.3 is 9.84 Å². The van der Waals surface area contributed by atoms with Crippen LogP contribution in [0.4, 0.5) is 0 Å². The second-order valence-electron chi connectivity index (χ2n) is 3.34. The minimum atomic E-state index is 0.392. The van der Waals surface area contributed by atoms with E-state index >= 15 is 0 Å². The molecule has 2 heteroatoms. The molecule has 0 fully saturated rings. The molecule has 78 valence electrons. The van der Waals surface area contributed by atoms with Crippen LogP contribution in [0.5, 0.6) is 5.75 Å². The first-order valence-corrected chi connectivity index (χ1v) is 5.19. The van der Waals surface area contributed by atoms with Crippen LogP contribution < -0.4 is 0 Å². The van der Waals surface area contributed by atoms with E-state index in [1.54, 1.807) is 6.07 Å². The van der Waals surface area contributed by atoms with Crippen LogP contribution in [0.3, 0.4) is 0 Å². The highest BCUT2D eigenvalue weighted by atomic mass is 16.5. The summed E-state index contributed by atoms with van der Waals surface area (Å²) in [6.45, 7) is 3.71. The quantitative estimate of drug-likeness (QED) is 0.705. The molecule has 0 atom stereocenters. The molecule has 0 aliphatic heterocycles. The fourth-order valence-electron chi connectivity index (χ4n) is 1.33. The van der Waals surface area contributed by atoms with E-state index in [1.165, 1.54) is 0 Å². The molecule has 0 aliphatic carbocycles. The topological polar surface area (TPSA) is 29.5 Å². The van der Waals surface area contributed by atoms with Crippen LogP contribution in [0, 0.1) is 0 Å². The number of aromatic hydroxyl groups is 1. The lowest BCUT2D eigenvalue weighted by Gasteiger charge is -2.04. The number of hydrogen-bond donors (Lipinski definition) is 1. The van der Waals surface area contributed by atoms with Gasteiger partial charge in [0, 0.05) is 13.2 Å². The molecule has 0 radical (unpaired) electrons. The van der Waals surface area contributed by atoms with Gasteiger partial charge in [0.05, 0.1) is 0 Å². The summed E-state index contributed by atoms with van der Waals surface area (Å²) in [5, 5.41) is 9.47. The Kier molecular flexibility index (Phi) is 5.08. The number of phenols is 1. The van der Waals surface area contributed by atoms with Crippen LogP contribution in [-0.4, -0.2) is 18.3 Å². The minimum Gasteiger partial charge on any atom is -0.508 e. The molecule has 2 nitrogen and oxygen atoms in total. The highest BCUT2D eigenvalue weighted by Gasteiger charge is 1.98. The lowest BCUT2D eigenvalue weighted by molar-refractivity contribution is 0.132. The number of hydrogen-bond acceptors (Lipinski definition) is 2. The summed E-state index contributed by atoms with van der Waals surface area (Å²) < 4.78 is 5.36. The molecule has 1 aromatic carbocycles. The van der Waals surface area contributed by atoms with Crippen molar-refractivity contribution in [3.63, 3.8) is 0 Å². The lowest BCUT2D eigenvalue weighted by atomic mass is 10.1. The summed E-state index contributed by atoms with van der Waals surface area (Å²) in [4.78, 5) is 0. The van der Waals surface area contributed by atoms with Crippen LogP contribution in [-0.2, 0) is 11.2 Å². The fourth-order valence-corrected chi connectivity index (χ4v) is 1.33. The minimum absolute atomic E-state index is 0.392. The van der Waals surface area contributed by atoms with Gasteiger partial charge in [-0.15, -0.1) is 0 Å². The monoisotopic (exact) mass is 194 g/mol. The molecular weight excluding hydrogens is 176 g/mol. The number of para-hydroxylation sites is 1. The standard InChI is InChI=1S/C12H18O2/c1-2-9-14-10-5-7-11-6-3-4-8-12(11)13/h3-4,6,8,13H,2,5,7,9-10H2,1H3. The van der Waals surface area contributed by atoms with Gasteiger partial charge in [0.1, 0.15) is 5.75 Å². The molecule has 0 aliphatic rings. The van der Waals surface area contributed by atoms with Gasteiger partial charge in [-0.05, 0) is 30.9 Å². The molecule has 0 aromatic heterocycles. The second kappa shape index (κ2) is 6.44. The maximum atomic E-state index is 9.47. The summed E-state index contributed by atoms with van der Waals surface area (Å²) >= 11 is 0. The Morgan fingerprint density at radius 3 is 2.71 bits per heavy atom. The van der Waals surface area contributed by atoms with E-state index in [-0.39, 0.29) is 0 Å². The Morgan fingerprint density at radius 2 is 2.00 bits per heavy atom. The predicted molar refractivity (Wildman–Crippen MR) is 57.5 cm³/mol. The average molecular weight is 194 g/mol. The molecule has 14 heavy (non-hydrogen) atoms. The van der Waals surface area contributed by atoms with E-state index in [4.69, 9.17) is 4.74 Å². The van der Waals surface area contributed by atoms with Gasteiger partial charge in [-0.25, -0.2) is 0 Å². The maximum absolute atomic E-state index is 9.47. The van der Waals surface area contributed by atoms with E-state index in [9.17, 15) is 5.11 Å². The molecule has 1 aromatic rings. The van der Waals surface area contributed by atoms with E-state index in [2.05, 4.69) is 6.92 Å². The molecular formula is C12H18O2. The second-order valence-corrected chi connectivity index (χ2v) is 3.34. The Balaban J connectivity index is 2.21. The Morgan fingerprint density at radius 1 is 1.21 bits per heavy atom. The lowest BCUT2D eigenvalue weighted by Crippen LogP contribution is -1.97. The predicted octanol–water partition coefficient (Wildman–Crippen LogP) is 2.75. The van der Waals surface area contributed by atoms with Crippen molar-refractivity contribution in [2.45, 2.75) is 26.2 Å². The molecule has 0 bridgehead atoms. The first kappa shape index (κ1) is 11.1. The normalized spacial score (nSPS) is 10.4. The third-order valence-corrected chi connectivity index (χ3v) is 2.07. The first-order valence-electron chi connectivity index (χ1n) is 5.19. The van der Waals surface area contributed by atoms with Gasteiger partial charge in [-0.2, -0.15) is 0 Å². The molecule has 0 heterocycles. The van der Waals surface area contributed by atoms with Crippen molar-refractivity contribution >= 4 is 0 Å². The molecule has 0 spiro atoms. The smallest absolute Gasteiger partial charge is 0.118 e. The Labute approximate surface area is 85.5 Å². The Hall–Kier alpha value is -1.02. The molecule has 0 unspecified atom stereocenters. The van der Waals surface area contributed by atoms with Gasteiger partial charge in [0.2, 0.25) is 0 Å². The van der Waals surface area contributed by atoms with Crippen molar-refractivity contribution in [1.29, 1.82) is 0 Å². The first-order chi connectivity index (χ1) is 6.84.